The highest BCUT2D eigenvalue weighted by Gasteiger charge is 2.28. The third kappa shape index (κ3) is 4.56. The number of amides is 3. The summed E-state index contributed by atoms with van der Waals surface area (Å²) >= 11 is 0. The normalized spacial score (nSPS) is 10.7. The van der Waals surface area contributed by atoms with Crippen molar-refractivity contribution in [2.24, 2.45) is 5.73 Å². The molecule has 12 heteroatoms. The quantitative estimate of drug-likeness (QED) is 0.382. The van der Waals surface area contributed by atoms with E-state index in [1.54, 1.807) is 12.1 Å². The topological polar surface area (TPSA) is 160 Å². The second kappa shape index (κ2) is 10.1. The van der Waals surface area contributed by atoms with E-state index < -0.39 is 41.2 Å². The van der Waals surface area contributed by atoms with Crippen molar-refractivity contribution in [1.29, 1.82) is 5.26 Å². The Kier molecular flexibility index (Phi) is 7.20. The highest BCUT2D eigenvalue weighted by atomic mass is 16.6. The highest BCUT2D eigenvalue weighted by Crippen LogP contribution is 2.30. The maximum Gasteiger partial charge on any atom is 0.334 e. The molecule has 3 amide bonds. The lowest BCUT2D eigenvalue weighted by atomic mass is 10.1. The Bertz CT molecular complexity index is 1390. The number of hydrogen-bond donors (Lipinski definition) is 1. The first-order valence-electron chi connectivity index (χ1n) is 10.9. The van der Waals surface area contributed by atoms with Crippen molar-refractivity contribution in [3.05, 3.63) is 62.6 Å². The molecule has 3 aromatic rings. The predicted octanol–water partition coefficient (Wildman–Crippen LogP) is 2.15. The molecule has 0 saturated heterocycles. The Morgan fingerprint density at radius 3 is 2.29 bits per heavy atom. The molecule has 0 aliphatic heterocycles. The molecular weight excluding hydrogens is 454 g/mol. The van der Waals surface area contributed by atoms with E-state index in [1.807, 2.05) is 32.0 Å². The molecule has 0 bridgehead atoms. The van der Waals surface area contributed by atoms with Gasteiger partial charge in [-0.2, -0.15) is 5.26 Å². The van der Waals surface area contributed by atoms with Crippen LogP contribution in [0.2, 0.25) is 0 Å². The van der Waals surface area contributed by atoms with Crippen molar-refractivity contribution in [2.75, 3.05) is 25.0 Å². The van der Waals surface area contributed by atoms with Crippen LogP contribution < -0.4 is 16.3 Å². The number of hydrogen-bond acceptors (Lipinski definition) is 7. The van der Waals surface area contributed by atoms with Crippen molar-refractivity contribution >= 4 is 34.3 Å². The first-order valence-corrected chi connectivity index (χ1v) is 10.9. The summed E-state index contributed by atoms with van der Waals surface area (Å²) in [6, 6.07) is 10.7. The van der Waals surface area contributed by atoms with Gasteiger partial charge in [0.1, 0.15) is 6.54 Å². The minimum atomic E-state index is -1.02. The number of primary amides is 1. The van der Waals surface area contributed by atoms with Gasteiger partial charge in [0.2, 0.25) is 5.91 Å². The summed E-state index contributed by atoms with van der Waals surface area (Å²) in [5.74, 6) is -0.791. The van der Waals surface area contributed by atoms with E-state index in [-0.39, 0.29) is 16.6 Å². The molecular formula is C23H25N7O5. The fourth-order valence-electron chi connectivity index (χ4n) is 4.02. The van der Waals surface area contributed by atoms with Gasteiger partial charge in [0.15, 0.2) is 0 Å². The van der Waals surface area contributed by atoms with E-state index in [0.29, 0.717) is 10.6 Å². The predicted molar refractivity (Wildman–Crippen MR) is 129 cm³/mol. The second-order valence-corrected chi connectivity index (χ2v) is 7.71. The zero-order valence-corrected chi connectivity index (χ0v) is 19.6. The molecule has 12 nitrogen and oxygen atoms in total. The van der Waals surface area contributed by atoms with Gasteiger partial charge in [0.05, 0.1) is 39.7 Å². The van der Waals surface area contributed by atoms with E-state index in [2.05, 4.69) is 4.90 Å². The molecule has 0 spiro atoms. The molecule has 2 aromatic carbocycles. The fourth-order valence-corrected chi connectivity index (χ4v) is 4.02. The molecule has 2 N–H and O–H groups in total. The number of carbonyl (C=O) groups excluding carboxylic acids is 2. The van der Waals surface area contributed by atoms with Crippen LogP contribution in [0, 0.1) is 21.4 Å². The molecule has 35 heavy (non-hydrogen) atoms. The number of nitriles is 1. The summed E-state index contributed by atoms with van der Waals surface area (Å²) in [4.78, 5) is 51.3. The molecule has 0 aliphatic carbocycles. The summed E-state index contributed by atoms with van der Waals surface area (Å²) in [7, 11) is 1.15. The number of benzene rings is 2. The van der Waals surface area contributed by atoms with Gasteiger partial charge in [0, 0.05) is 31.9 Å². The first-order chi connectivity index (χ1) is 16.7. The third-order valence-corrected chi connectivity index (χ3v) is 5.86. The Labute approximate surface area is 200 Å². The number of nitrogens with zero attached hydrogens (tertiary/aromatic N) is 6. The molecule has 0 radical (unpaired) electrons. The van der Waals surface area contributed by atoms with Crippen LogP contribution in [-0.2, 0) is 17.8 Å². The Morgan fingerprint density at radius 1 is 1.14 bits per heavy atom. The van der Waals surface area contributed by atoms with Crippen molar-refractivity contribution in [3.63, 3.8) is 0 Å². The van der Waals surface area contributed by atoms with Crippen LogP contribution in [0.15, 0.2) is 41.2 Å². The number of nitrogens with two attached hydrogens (primary N) is 1. The first kappa shape index (κ1) is 25.0. The lowest BCUT2D eigenvalue weighted by Gasteiger charge is -2.21. The summed E-state index contributed by atoms with van der Waals surface area (Å²) in [6.07, 6.45) is -0.567. The molecule has 0 aliphatic rings. The van der Waals surface area contributed by atoms with Gasteiger partial charge >= 0.3 is 11.7 Å². The minimum Gasteiger partial charge on any atom is -0.372 e. The number of urea groups is 1. The number of imidazole rings is 1. The minimum absolute atomic E-state index is 0.0739. The largest absolute Gasteiger partial charge is 0.372 e. The molecule has 0 fully saturated rings. The van der Waals surface area contributed by atoms with Gasteiger partial charge in [-0.05, 0) is 44.2 Å². The van der Waals surface area contributed by atoms with Crippen molar-refractivity contribution in [2.45, 2.75) is 26.8 Å². The van der Waals surface area contributed by atoms with Crippen molar-refractivity contribution in [1.82, 2.24) is 14.0 Å². The number of nitro benzene ring substituents is 1. The third-order valence-electron chi connectivity index (χ3n) is 5.86. The van der Waals surface area contributed by atoms with Crippen LogP contribution in [0.25, 0.3) is 16.7 Å². The molecule has 0 unspecified atom stereocenters. The van der Waals surface area contributed by atoms with Gasteiger partial charge in [-0.3, -0.25) is 28.9 Å². The molecule has 1 aromatic heterocycles. The monoisotopic (exact) mass is 479 g/mol. The van der Waals surface area contributed by atoms with Crippen LogP contribution >= 0.6 is 0 Å². The van der Waals surface area contributed by atoms with Crippen LogP contribution in [0.5, 0.6) is 0 Å². The van der Waals surface area contributed by atoms with E-state index in [4.69, 9.17) is 5.73 Å². The zero-order valence-electron chi connectivity index (χ0n) is 19.6. The van der Waals surface area contributed by atoms with Crippen molar-refractivity contribution in [3.8, 4) is 11.8 Å². The van der Waals surface area contributed by atoms with Gasteiger partial charge in [-0.15, -0.1) is 0 Å². The van der Waals surface area contributed by atoms with Gasteiger partial charge in [0.25, 0.3) is 5.69 Å². The maximum atomic E-state index is 13.4. The fraction of sp³-hybridized carbons (Fsp3) is 0.304. The smallest absolute Gasteiger partial charge is 0.334 e. The van der Waals surface area contributed by atoms with E-state index >= 15 is 0 Å². The van der Waals surface area contributed by atoms with E-state index in [0.717, 1.165) is 30.4 Å². The van der Waals surface area contributed by atoms with Gasteiger partial charge < -0.3 is 10.6 Å². The van der Waals surface area contributed by atoms with Crippen LogP contribution in [-0.4, -0.2) is 51.0 Å². The number of carbonyl (C=O) groups is 2. The molecule has 0 atom stereocenters. The van der Waals surface area contributed by atoms with E-state index in [9.17, 15) is 29.8 Å². The number of anilines is 1. The van der Waals surface area contributed by atoms with Crippen LogP contribution in [0.4, 0.5) is 16.2 Å². The number of likely N-dealkylation sites (N-methyl/N-ethyl adjacent to an activating group) is 1. The summed E-state index contributed by atoms with van der Waals surface area (Å²) in [5, 5.41) is 21.1. The Balaban J connectivity index is 2.30. The second-order valence-electron chi connectivity index (χ2n) is 7.71. The summed E-state index contributed by atoms with van der Waals surface area (Å²) in [5.41, 5.74) is 5.89. The Hall–Kier alpha value is -4.66. The highest BCUT2D eigenvalue weighted by molar-refractivity contribution is 5.97. The van der Waals surface area contributed by atoms with Crippen LogP contribution in [0.1, 0.15) is 19.4 Å². The Morgan fingerprint density at radius 2 is 1.77 bits per heavy atom. The lowest BCUT2D eigenvalue weighted by Crippen LogP contribution is -2.38. The molecule has 1 heterocycles. The number of nitro groups is 1. The van der Waals surface area contributed by atoms with Gasteiger partial charge in [-0.1, -0.05) is 0 Å². The number of aromatic nitrogens is 2. The molecule has 182 valence electrons. The molecule has 0 saturated carbocycles. The van der Waals surface area contributed by atoms with Crippen molar-refractivity contribution < 1.29 is 14.5 Å². The van der Waals surface area contributed by atoms with Gasteiger partial charge in [-0.25, -0.2) is 9.59 Å². The number of fused-ring (bicyclic) bond motifs is 1. The average Bonchev–Trinajstić information content (AvgIpc) is 3.11. The number of rotatable bonds is 8. The summed E-state index contributed by atoms with van der Waals surface area (Å²) < 4.78 is 2.43. The molecule has 3 rings (SSSR count). The maximum absolute atomic E-state index is 13.4. The van der Waals surface area contributed by atoms with Crippen LogP contribution in [0.3, 0.4) is 0 Å². The number of imide groups is 1. The summed E-state index contributed by atoms with van der Waals surface area (Å²) in [6.45, 7) is 5.27. The van der Waals surface area contributed by atoms with E-state index in [1.165, 1.54) is 16.7 Å². The lowest BCUT2D eigenvalue weighted by molar-refractivity contribution is -0.385. The standard InChI is InChI=1S/C23H25N7O5/c1-4-27(5-2)15-6-8-16(9-7-15)29-19-11-10-18(30(34)35)17(14-20(31)26(3)22(25)32)21(19)28(13-12-24)23(29)33/h6-11H,4-5,13-14H2,1-3H3,(H2,25,32). The zero-order chi connectivity index (χ0) is 25.9. The SMILES string of the molecule is CCN(CC)c1ccc(-n2c(=O)n(CC#N)c3c(CC(=O)N(C)C(N)=O)c([N+](=O)[O-])ccc32)cc1. The average molecular weight is 479 g/mol.